The Bertz CT molecular complexity index is 1630. The molecule has 1 aliphatic carbocycles. The third-order valence-corrected chi connectivity index (χ3v) is 7.55. The zero-order chi connectivity index (χ0) is 29.1. The van der Waals surface area contributed by atoms with Crippen molar-refractivity contribution in [1.29, 1.82) is 5.26 Å². The van der Waals surface area contributed by atoms with Gasteiger partial charge in [0.1, 0.15) is 23.0 Å². The lowest BCUT2D eigenvalue weighted by molar-refractivity contribution is -0.484. The monoisotopic (exact) mass is 567 g/mol. The number of hydrogen-bond donors (Lipinski definition) is 0. The maximum absolute atomic E-state index is 12.6. The minimum Gasteiger partial charge on any atom is -0.820 e. The number of nitriles is 1. The number of carbonyl (C=O) groups is 1. The Morgan fingerprint density at radius 2 is 1.68 bits per heavy atom. The van der Waals surface area contributed by atoms with Gasteiger partial charge < -0.3 is 24.1 Å². The first-order chi connectivity index (χ1) is 19.9. The summed E-state index contributed by atoms with van der Waals surface area (Å²) >= 11 is 6.88. The van der Waals surface area contributed by atoms with Crippen LogP contribution < -0.4 is 14.6 Å². The summed E-state index contributed by atoms with van der Waals surface area (Å²) in [5, 5.41) is 22.8. The van der Waals surface area contributed by atoms with Gasteiger partial charge in [0.05, 0.1) is 32.8 Å². The van der Waals surface area contributed by atoms with Gasteiger partial charge in [-0.05, 0) is 78.0 Å². The molecule has 41 heavy (non-hydrogen) atoms. The molecule has 2 unspecified atom stereocenters. The van der Waals surface area contributed by atoms with Gasteiger partial charge in [-0.3, -0.25) is 4.79 Å². The Morgan fingerprint density at radius 3 is 2.27 bits per heavy atom. The third kappa shape index (κ3) is 5.36. The van der Waals surface area contributed by atoms with Crippen molar-refractivity contribution in [1.82, 2.24) is 0 Å². The Labute approximate surface area is 242 Å². The molecule has 0 aromatic heterocycles. The van der Waals surface area contributed by atoms with Crippen LogP contribution in [0.2, 0.25) is 0 Å². The molecule has 0 amide bonds. The lowest BCUT2D eigenvalue weighted by Gasteiger charge is -2.21. The number of carbonyl (C=O) groups excluding carboxylic acids is 1. The van der Waals surface area contributed by atoms with Gasteiger partial charge in [-0.25, -0.2) is 4.85 Å². The maximum atomic E-state index is 12.6. The summed E-state index contributed by atoms with van der Waals surface area (Å²) in [6.07, 6.45) is 3.79. The van der Waals surface area contributed by atoms with E-state index in [0.29, 0.717) is 63.0 Å². The van der Waals surface area contributed by atoms with Crippen molar-refractivity contribution in [3.63, 3.8) is 0 Å². The number of methoxy groups -OCH3 is 2. The number of rotatable bonds is 6. The van der Waals surface area contributed by atoms with Crippen LogP contribution >= 0.6 is 11.6 Å². The van der Waals surface area contributed by atoms with Crippen molar-refractivity contribution in [2.75, 3.05) is 14.2 Å². The fourth-order valence-electron chi connectivity index (χ4n) is 5.02. The number of esters is 1. The highest BCUT2D eigenvalue weighted by atomic mass is 35.5. The van der Waals surface area contributed by atoms with Crippen LogP contribution in [0, 0.1) is 23.8 Å². The van der Waals surface area contributed by atoms with Gasteiger partial charge in [-0.15, -0.1) is 0 Å². The molecule has 0 spiro atoms. The number of hydrogen-bond acceptors (Lipinski definition) is 7. The summed E-state index contributed by atoms with van der Waals surface area (Å²) in [5.74, 6) is 0.0977. The van der Waals surface area contributed by atoms with Gasteiger partial charge in [0.25, 0.3) is 5.70 Å². The zero-order valence-corrected chi connectivity index (χ0v) is 23.0. The second-order valence-electron chi connectivity index (χ2n) is 9.42. The molecule has 0 radical (unpaired) electrons. The van der Waals surface area contributed by atoms with Gasteiger partial charge in [0.15, 0.2) is 0 Å². The minimum atomic E-state index is -1.57. The number of benzene rings is 2. The SMILES string of the molecule is [C-]#[N+]C1=C(c2ccc(OC)cc2)/C(=C/C2=C(Cl)C(=C/C3=C(c4ccc(OC)cc4)C(C#N)C([O-])O3)/CCC2)OC1=O. The molecule has 2 atom stereocenters. The van der Waals surface area contributed by atoms with Gasteiger partial charge in [0.2, 0.25) is 0 Å². The highest BCUT2D eigenvalue weighted by Crippen LogP contribution is 2.42. The molecular weight excluding hydrogens is 544 g/mol. The summed E-state index contributed by atoms with van der Waals surface area (Å²) in [6, 6.07) is 16.1. The maximum Gasteiger partial charge on any atom is 0.342 e. The third-order valence-electron chi connectivity index (χ3n) is 7.07. The Kier molecular flexibility index (Phi) is 7.98. The average Bonchev–Trinajstić information content (AvgIpc) is 3.49. The van der Waals surface area contributed by atoms with Crippen LogP contribution in [0.15, 0.2) is 94.1 Å². The number of ether oxygens (including phenoxy) is 4. The van der Waals surface area contributed by atoms with E-state index >= 15 is 0 Å². The predicted molar refractivity (Wildman–Crippen MR) is 149 cm³/mol. The molecule has 0 saturated carbocycles. The molecule has 0 N–H and O–H groups in total. The quantitative estimate of drug-likeness (QED) is 0.328. The summed E-state index contributed by atoms with van der Waals surface area (Å²) < 4.78 is 21.6. The average molecular weight is 568 g/mol. The second kappa shape index (κ2) is 11.8. The summed E-state index contributed by atoms with van der Waals surface area (Å²) in [6.45, 7) is 7.55. The molecule has 8 nitrogen and oxygen atoms in total. The van der Waals surface area contributed by atoms with Crippen molar-refractivity contribution in [2.24, 2.45) is 5.92 Å². The second-order valence-corrected chi connectivity index (χ2v) is 9.80. The first-order valence-corrected chi connectivity index (χ1v) is 13.2. The van der Waals surface area contributed by atoms with E-state index in [4.69, 9.17) is 37.1 Å². The highest BCUT2D eigenvalue weighted by Gasteiger charge is 2.33. The van der Waals surface area contributed by atoms with Crippen LogP contribution in [0.3, 0.4) is 0 Å². The van der Waals surface area contributed by atoms with Gasteiger partial charge in [-0.2, -0.15) is 5.26 Å². The Balaban J connectivity index is 1.56. The zero-order valence-electron chi connectivity index (χ0n) is 22.3. The largest absolute Gasteiger partial charge is 0.820 e. The number of nitrogens with zero attached hydrogens (tertiary/aromatic N) is 2. The molecule has 206 valence electrons. The molecule has 3 aliphatic rings. The summed E-state index contributed by atoms with van der Waals surface area (Å²) in [7, 11) is 3.11. The van der Waals surface area contributed by atoms with Crippen molar-refractivity contribution in [2.45, 2.75) is 25.6 Å². The molecule has 9 heteroatoms. The van der Waals surface area contributed by atoms with Crippen LogP contribution in [0.4, 0.5) is 0 Å². The summed E-state index contributed by atoms with van der Waals surface area (Å²) in [5.41, 5.74) is 3.52. The molecule has 2 aliphatic heterocycles. The van der Waals surface area contributed by atoms with Crippen LogP contribution in [-0.2, 0) is 14.3 Å². The van der Waals surface area contributed by atoms with Crippen LogP contribution in [0.25, 0.3) is 16.0 Å². The fourth-order valence-corrected chi connectivity index (χ4v) is 5.31. The normalized spacial score (nSPS) is 22.5. The molecule has 2 aromatic carbocycles. The predicted octanol–water partition coefficient (Wildman–Crippen LogP) is 5.65. The molecular formula is C32H24ClN2O6-. The van der Waals surface area contributed by atoms with Crippen molar-refractivity contribution < 1.29 is 28.8 Å². The van der Waals surface area contributed by atoms with Crippen LogP contribution in [0.5, 0.6) is 11.5 Å². The van der Waals surface area contributed by atoms with Gasteiger partial charge in [-0.1, -0.05) is 35.9 Å². The molecule has 0 fully saturated rings. The van der Waals surface area contributed by atoms with E-state index in [2.05, 4.69) is 10.9 Å². The smallest absolute Gasteiger partial charge is 0.342 e. The van der Waals surface area contributed by atoms with E-state index in [1.165, 1.54) is 0 Å². The summed E-state index contributed by atoms with van der Waals surface area (Å²) in [4.78, 5) is 16.0. The lowest BCUT2D eigenvalue weighted by Crippen LogP contribution is -2.31. The standard InChI is InChI=1S/C32H24ClN2O6/c1-35-30-28(19-9-13-23(39-3)14-10-19)26(41-32(30)37)16-21-6-4-5-20(29(21)33)15-25-27(24(17-34)31(36)40-25)18-7-11-22(38-2)12-8-18/h7-16,24,31H,4-6H2,2-3H3/q-1/b20-15+,26-16-. The molecule has 2 heterocycles. The van der Waals surface area contributed by atoms with Crippen LogP contribution in [-0.4, -0.2) is 26.5 Å². The first kappa shape index (κ1) is 27.8. The fraction of sp³-hybridized carbons (Fsp3) is 0.219. The Morgan fingerprint density at radius 1 is 1.05 bits per heavy atom. The molecule has 0 saturated heterocycles. The Hall–Kier alpha value is -4.76. The minimum absolute atomic E-state index is 0.109. The van der Waals surface area contributed by atoms with E-state index in [0.717, 1.165) is 12.0 Å². The van der Waals surface area contributed by atoms with Crippen molar-refractivity contribution in [3.8, 4) is 17.6 Å². The molecule has 2 aromatic rings. The number of allylic oxidation sites excluding steroid dienone is 6. The van der Waals surface area contributed by atoms with E-state index in [-0.39, 0.29) is 11.5 Å². The van der Waals surface area contributed by atoms with Crippen molar-refractivity contribution in [3.05, 3.63) is 117 Å². The van der Waals surface area contributed by atoms with Gasteiger partial charge in [0, 0.05) is 22.5 Å². The number of cyclic esters (lactones) is 1. The molecule has 0 bridgehead atoms. The van der Waals surface area contributed by atoms with Crippen molar-refractivity contribution >= 4 is 28.7 Å². The van der Waals surface area contributed by atoms with Crippen LogP contribution in [0.1, 0.15) is 30.4 Å². The lowest BCUT2D eigenvalue weighted by atomic mass is 9.90. The van der Waals surface area contributed by atoms with E-state index in [9.17, 15) is 15.2 Å². The van der Waals surface area contributed by atoms with E-state index < -0.39 is 18.2 Å². The highest BCUT2D eigenvalue weighted by molar-refractivity contribution is 6.32. The topological polar surface area (TPSA) is 105 Å². The number of halogens is 1. The van der Waals surface area contributed by atoms with E-state index in [1.807, 2.05) is 0 Å². The van der Waals surface area contributed by atoms with Gasteiger partial charge >= 0.3 is 5.97 Å². The van der Waals surface area contributed by atoms with E-state index in [1.54, 1.807) is 74.9 Å². The molecule has 5 rings (SSSR count). The first-order valence-electron chi connectivity index (χ1n) is 12.8.